The molecule has 38 heavy (non-hydrogen) atoms. The number of hydrogen-bond donors (Lipinski definition) is 1. The van der Waals surface area contributed by atoms with Crippen molar-refractivity contribution in [2.45, 2.75) is 46.1 Å². The Kier molecular flexibility index (Phi) is 6.05. The number of ether oxygens (including phenoxy) is 1. The van der Waals surface area contributed by atoms with Gasteiger partial charge in [0.2, 0.25) is 5.95 Å². The van der Waals surface area contributed by atoms with Crippen LogP contribution in [0.1, 0.15) is 49.1 Å². The fraction of sp³-hybridized carbons (Fsp3) is 0.444. The number of benzene rings is 1. The standard InChI is InChI=1S/C27H31N7O3S/c1-17-13-30-31-18(2)24(17)19(3)37-21-4-5-23-22(12-21)25(33-32-23)20-14-28-26(29-15-20)34-9-6-27(7-10-34)8-11-38(35,36)16-27/h4-5,12-15,19H,6-11,16H2,1-3H3,(H,32,33)/t19-/m0/s1. The Balaban J connectivity index is 1.19. The zero-order valence-corrected chi connectivity index (χ0v) is 22.6. The Morgan fingerprint density at radius 3 is 2.53 bits per heavy atom. The lowest BCUT2D eigenvalue weighted by molar-refractivity contribution is 0.225. The van der Waals surface area contributed by atoms with E-state index in [-0.39, 0.29) is 11.5 Å². The van der Waals surface area contributed by atoms with Gasteiger partial charge < -0.3 is 9.64 Å². The van der Waals surface area contributed by atoms with Crippen LogP contribution in [0.3, 0.4) is 0 Å². The van der Waals surface area contributed by atoms with Gasteiger partial charge in [-0.3, -0.25) is 5.10 Å². The normalized spacial score (nSPS) is 19.2. The smallest absolute Gasteiger partial charge is 0.225 e. The number of nitrogens with one attached hydrogen (secondary N) is 1. The van der Waals surface area contributed by atoms with Gasteiger partial charge in [0.25, 0.3) is 0 Å². The number of sulfone groups is 1. The molecule has 0 amide bonds. The first kappa shape index (κ1) is 24.7. The van der Waals surface area contributed by atoms with Gasteiger partial charge in [-0.2, -0.15) is 15.3 Å². The summed E-state index contributed by atoms with van der Waals surface area (Å²) in [6, 6.07) is 5.87. The molecule has 1 spiro atoms. The van der Waals surface area contributed by atoms with Gasteiger partial charge in [-0.15, -0.1) is 0 Å². The Labute approximate surface area is 221 Å². The maximum absolute atomic E-state index is 12.0. The van der Waals surface area contributed by atoms with Crippen LogP contribution in [-0.4, -0.2) is 63.4 Å². The highest BCUT2D eigenvalue weighted by Gasteiger charge is 2.44. The van der Waals surface area contributed by atoms with Crippen molar-refractivity contribution in [1.82, 2.24) is 30.4 Å². The third-order valence-electron chi connectivity index (χ3n) is 8.02. The van der Waals surface area contributed by atoms with Crippen LogP contribution in [0.2, 0.25) is 0 Å². The molecular formula is C27H31N7O3S. The molecule has 1 aromatic carbocycles. The summed E-state index contributed by atoms with van der Waals surface area (Å²) in [5.41, 5.74) is 5.35. The number of H-pyrrole nitrogens is 1. The lowest BCUT2D eigenvalue weighted by atomic mass is 9.78. The van der Waals surface area contributed by atoms with Gasteiger partial charge >= 0.3 is 0 Å². The van der Waals surface area contributed by atoms with Crippen LogP contribution in [0.25, 0.3) is 22.2 Å². The molecule has 6 rings (SSSR count). The van der Waals surface area contributed by atoms with E-state index in [4.69, 9.17) is 4.74 Å². The highest BCUT2D eigenvalue weighted by Crippen LogP contribution is 2.42. The molecular weight excluding hydrogens is 502 g/mol. The average molecular weight is 534 g/mol. The lowest BCUT2D eigenvalue weighted by Crippen LogP contribution is -2.41. The van der Waals surface area contributed by atoms with Crippen LogP contribution in [0, 0.1) is 19.3 Å². The van der Waals surface area contributed by atoms with Gasteiger partial charge in [0, 0.05) is 42.0 Å². The predicted octanol–water partition coefficient (Wildman–Crippen LogP) is 3.97. The molecule has 0 radical (unpaired) electrons. The first-order chi connectivity index (χ1) is 18.2. The molecule has 2 aliphatic rings. The van der Waals surface area contributed by atoms with Crippen LogP contribution >= 0.6 is 0 Å². The Hall–Kier alpha value is -3.60. The van der Waals surface area contributed by atoms with Gasteiger partial charge in [-0.25, -0.2) is 18.4 Å². The van der Waals surface area contributed by atoms with E-state index in [1.54, 1.807) is 18.6 Å². The molecule has 0 bridgehead atoms. The molecule has 2 aliphatic heterocycles. The molecule has 5 heterocycles. The number of aryl methyl sites for hydroxylation is 2. The topological polar surface area (TPSA) is 127 Å². The Morgan fingerprint density at radius 1 is 1.08 bits per heavy atom. The number of nitrogens with zero attached hydrogens (tertiary/aromatic N) is 6. The summed E-state index contributed by atoms with van der Waals surface area (Å²) < 4.78 is 30.3. The second kappa shape index (κ2) is 9.30. The molecule has 0 aliphatic carbocycles. The third kappa shape index (κ3) is 4.59. The van der Waals surface area contributed by atoms with Gasteiger partial charge in [-0.1, -0.05) is 0 Å². The van der Waals surface area contributed by atoms with E-state index >= 15 is 0 Å². The Bertz CT molecular complexity index is 1570. The minimum atomic E-state index is -2.89. The lowest BCUT2D eigenvalue weighted by Gasteiger charge is -2.38. The summed E-state index contributed by atoms with van der Waals surface area (Å²) in [5, 5.41) is 16.7. The zero-order chi connectivity index (χ0) is 26.5. The molecule has 11 heteroatoms. The highest BCUT2D eigenvalue weighted by molar-refractivity contribution is 7.91. The van der Waals surface area contributed by atoms with Gasteiger partial charge in [0.05, 0.1) is 28.9 Å². The van der Waals surface area contributed by atoms with E-state index in [9.17, 15) is 8.42 Å². The quantitative estimate of drug-likeness (QED) is 0.405. The molecule has 3 aromatic heterocycles. The molecule has 1 N–H and O–H groups in total. The molecule has 4 aromatic rings. The van der Waals surface area contributed by atoms with Crippen LogP contribution in [0.4, 0.5) is 5.95 Å². The van der Waals surface area contributed by atoms with Crippen molar-refractivity contribution in [3.8, 4) is 17.0 Å². The maximum atomic E-state index is 12.0. The molecule has 10 nitrogen and oxygen atoms in total. The first-order valence-corrected chi connectivity index (χ1v) is 14.8. The third-order valence-corrected chi connectivity index (χ3v) is 9.89. The van der Waals surface area contributed by atoms with Crippen LogP contribution in [0.15, 0.2) is 36.8 Å². The van der Waals surface area contributed by atoms with Crippen molar-refractivity contribution in [3.05, 3.63) is 53.6 Å². The van der Waals surface area contributed by atoms with Crippen molar-refractivity contribution in [2.75, 3.05) is 29.5 Å². The van der Waals surface area contributed by atoms with Gasteiger partial charge in [0.15, 0.2) is 9.84 Å². The maximum Gasteiger partial charge on any atom is 0.225 e. The van der Waals surface area contributed by atoms with Crippen LogP contribution in [0.5, 0.6) is 5.75 Å². The summed E-state index contributed by atoms with van der Waals surface area (Å²) in [6.45, 7) is 7.50. The number of fused-ring (bicyclic) bond motifs is 1. The molecule has 1 atom stereocenters. The van der Waals surface area contributed by atoms with E-state index in [1.807, 2.05) is 39.0 Å². The fourth-order valence-electron chi connectivity index (χ4n) is 5.94. The number of aromatic amines is 1. The number of anilines is 1. The molecule has 0 unspecified atom stereocenters. The monoisotopic (exact) mass is 533 g/mol. The van der Waals surface area contributed by atoms with E-state index in [0.717, 1.165) is 77.1 Å². The molecule has 198 valence electrons. The van der Waals surface area contributed by atoms with Gasteiger partial charge in [0.1, 0.15) is 17.5 Å². The summed E-state index contributed by atoms with van der Waals surface area (Å²) >= 11 is 0. The number of piperidine rings is 1. The summed E-state index contributed by atoms with van der Waals surface area (Å²) in [6.07, 6.45) is 7.66. The zero-order valence-electron chi connectivity index (χ0n) is 21.8. The second-order valence-corrected chi connectivity index (χ2v) is 12.9. The second-order valence-electron chi connectivity index (χ2n) is 10.7. The number of rotatable bonds is 5. The number of hydrogen-bond acceptors (Lipinski definition) is 9. The fourth-order valence-corrected chi connectivity index (χ4v) is 8.19. The van der Waals surface area contributed by atoms with Crippen molar-refractivity contribution in [3.63, 3.8) is 0 Å². The molecule has 0 saturated carbocycles. The summed E-state index contributed by atoms with van der Waals surface area (Å²) in [5.74, 6) is 2.04. The van der Waals surface area contributed by atoms with Crippen LogP contribution in [-0.2, 0) is 9.84 Å². The van der Waals surface area contributed by atoms with E-state index in [1.165, 1.54) is 0 Å². The van der Waals surface area contributed by atoms with E-state index in [2.05, 4.69) is 35.3 Å². The summed E-state index contributed by atoms with van der Waals surface area (Å²) in [7, 11) is -2.89. The number of aromatic nitrogens is 6. The highest BCUT2D eigenvalue weighted by atomic mass is 32.2. The van der Waals surface area contributed by atoms with Gasteiger partial charge in [-0.05, 0) is 69.2 Å². The van der Waals surface area contributed by atoms with Crippen molar-refractivity contribution in [1.29, 1.82) is 0 Å². The minimum Gasteiger partial charge on any atom is -0.486 e. The van der Waals surface area contributed by atoms with Crippen molar-refractivity contribution < 1.29 is 13.2 Å². The van der Waals surface area contributed by atoms with E-state index in [0.29, 0.717) is 17.5 Å². The van der Waals surface area contributed by atoms with Crippen molar-refractivity contribution >= 4 is 26.7 Å². The van der Waals surface area contributed by atoms with Crippen molar-refractivity contribution in [2.24, 2.45) is 5.41 Å². The molecule has 2 saturated heterocycles. The SMILES string of the molecule is Cc1cnnc(C)c1[C@H](C)Oc1ccc2[nH]nc(-c3cnc(N4CCC5(CC4)CCS(=O)(=O)C5)nc3)c2c1. The molecule has 2 fully saturated rings. The van der Waals surface area contributed by atoms with E-state index < -0.39 is 9.84 Å². The summed E-state index contributed by atoms with van der Waals surface area (Å²) in [4.78, 5) is 11.4. The first-order valence-electron chi connectivity index (χ1n) is 12.9. The Morgan fingerprint density at radius 2 is 1.84 bits per heavy atom. The largest absolute Gasteiger partial charge is 0.486 e. The average Bonchev–Trinajstić information content (AvgIpc) is 3.44. The minimum absolute atomic E-state index is 0.0637. The predicted molar refractivity (Wildman–Crippen MR) is 145 cm³/mol. The van der Waals surface area contributed by atoms with Crippen LogP contribution < -0.4 is 9.64 Å².